The molecule has 1 aromatic heterocycles. The summed E-state index contributed by atoms with van der Waals surface area (Å²) in [4.78, 5) is 24.7. The van der Waals surface area contributed by atoms with Gasteiger partial charge in [-0.25, -0.2) is 0 Å². The summed E-state index contributed by atoms with van der Waals surface area (Å²) in [6.45, 7) is 2.84. The molecule has 0 aliphatic carbocycles. The first-order chi connectivity index (χ1) is 7.75. The van der Waals surface area contributed by atoms with Crippen LogP contribution in [0, 0.1) is 0 Å². The molecule has 16 heavy (non-hydrogen) atoms. The summed E-state index contributed by atoms with van der Waals surface area (Å²) in [6, 6.07) is 0. The fraction of sp³-hybridized carbons (Fsp3) is 0.667. The average molecular weight is 224 g/mol. The largest absolute Gasteiger partial charge is 0.323 e. The molecule has 1 heterocycles. The number of aromatic amines is 1. The average Bonchev–Trinajstić information content (AvgIpc) is 2.29. The van der Waals surface area contributed by atoms with E-state index < -0.39 is 11.1 Å². The Balaban J connectivity index is 2.30. The van der Waals surface area contributed by atoms with Gasteiger partial charge < -0.3 is 9.55 Å². The van der Waals surface area contributed by atoms with E-state index in [-0.39, 0.29) is 0 Å². The van der Waals surface area contributed by atoms with Gasteiger partial charge in [0, 0.05) is 18.9 Å². The van der Waals surface area contributed by atoms with Crippen molar-refractivity contribution in [3.8, 4) is 0 Å². The van der Waals surface area contributed by atoms with E-state index in [1.807, 2.05) is 0 Å². The van der Waals surface area contributed by atoms with E-state index in [9.17, 15) is 9.59 Å². The number of aryl methyl sites for hydroxylation is 1. The Labute approximate surface area is 95.3 Å². The van der Waals surface area contributed by atoms with E-state index in [1.165, 1.54) is 36.4 Å². The third-order valence-corrected chi connectivity index (χ3v) is 2.68. The first-order valence-corrected chi connectivity index (χ1v) is 6.04. The van der Waals surface area contributed by atoms with Crippen LogP contribution in [0.4, 0.5) is 0 Å². The molecule has 0 amide bonds. The number of rotatable bonds is 7. The smallest absolute Gasteiger partial charge is 0.316 e. The predicted molar refractivity (Wildman–Crippen MR) is 64.7 cm³/mol. The van der Waals surface area contributed by atoms with Crippen LogP contribution in [-0.4, -0.2) is 9.55 Å². The molecule has 0 atom stereocenters. The minimum absolute atomic E-state index is 0.448. The molecule has 0 unspecified atom stereocenters. The van der Waals surface area contributed by atoms with Crippen LogP contribution in [0.3, 0.4) is 0 Å². The summed E-state index contributed by atoms with van der Waals surface area (Å²) in [7, 11) is 0. The van der Waals surface area contributed by atoms with Gasteiger partial charge in [0.05, 0.1) is 0 Å². The maximum atomic E-state index is 11.4. The van der Waals surface area contributed by atoms with Crippen molar-refractivity contribution in [1.82, 2.24) is 9.55 Å². The number of unbranched alkanes of at least 4 members (excludes halogenated alkanes) is 5. The number of nitrogens with zero attached hydrogens (tertiary/aromatic N) is 1. The Bertz CT molecular complexity index is 406. The van der Waals surface area contributed by atoms with Gasteiger partial charge in [-0.15, -0.1) is 0 Å². The van der Waals surface area contributed by atoms with Crippen LogP contribution in [0.25, 0.3) is 0 Å². The third kappa shape index (κ3) is 4.04. The van der Waals surface area contributed by atoms with Gasteiger partial charge in [0.2, 0.25) is 0 Å². The Morgan fingerprint density at radius 1 is 1.12 bits per heavy atom. The van der Waals surface area contributed by atoms with Crippen molar-refractivity contribution >= 4 is 0 Å². The fourth-order valence-electron chi connectivity index (χ4n) is 1.70. The lowest BCUT2D eigenvalue weighted by molar-refractivity contribution is 0.546. The van der Waals surface area contributed by atoms with Gasteiger partial charge in [-0.3, -0.25) is 9.59 Å². The molecular formula is C12H20N2O2. The van der Waals surface area contributed by atoms with Gasteiger partial charge in [0.15, 0.2) is 0 Å². The van der Waals surface area contributed by atoms with E-state index in [0.717, 1.165) is 12.8 Å². The maximum absolute atomic E-state index is 11.4. The molecule has 1 aromatic rings. The standard InChI is InChI=1S/C12H20N2O2/c1-2-3-4-5-6-7-9-14-10-8-13-11(15)12(14)16/h8,10H,2-7,9H2,1H3,(H,13,15). The van der Waals surface area contributed by atoms with Gasteiger partial charge in [-0.05, 0) is 6.42 Å². The topological polar surface area (TPSA) is 54.9 Å². The third-order valence-electron chi connectivity index (χ3n) is 2.68. The van der Waals surface area contributed by atoms with Gasteiger partial charge in [0.25, 0.3) is 0 Å². The summed E-state index contributed by atoms with van der Waals surface area (Å²) in [5.41, 5.74) is -0.982. The molecule has 0 radical (unpaired) electrons. The summed E-state index contributed by atoms with van der Waals surface area (Å²) in [6.07, 6.45) is 10.2. The van der Waals surface area contributed by atoms with Crippen LogP contribution < -0.4 is 11.1 Å². The first kappa shape index (κ1) is 12.7. The van der Waals surface area contributed by atoms with Gasteiger partial charge >= 0.3 is 11.1 Å². The molecule has 4 nitrogen and oxygen atoms in total. The van der Waals surface area contributed by atoms with Crippen molar-refractivity contribution in [2.75, 3.05) is 0 Å². The van der Waals surface area contributed by atoms with Crippen molar-refractivity contribution in [2.24, 2.45) is 0 Å². The van der Waals surface area contributed by atoms with Gasteiger partial charge in [-0.1, -0.05) is 39.0 Å². The molecule has 0 bridgehead atoms. The van der Waals surface area contributed by atoms with E-state index in [4.69, 9.17) is 0 Å². The highest BCUT2D eigenvalue weighted by molar-refractivity contribution is 4.81. The van der Waals surface area contributed by atoms with Crippen molar-refractivity contribution in [3.05, 3.63) is 33.1 Å². The lowest BCUT2D eigenvalue weighted by atomic mass is 10.1. The van der Waals surface area contributed by atoms with Gasteiger partial charge in [0.1, 0.15) is 0 Å². The fourth-order valence-corrected chi connectivity index (χ4v) is 1.70. The highest BCUT2D eigenvalue weighted by atomic mass is 16.2. The van der Waals surface area contributed by atoms with Crippen molar-refractivity contribution in [1.29, 1.82) is 0 Å². The summed E-state index contributed by atoms with van der Waals surface area (Å²) < 4.78 is 1.48. The summed E-state index contributed by atoms with van der Waals surface area (Å²) in [5, 5.41) is 0. The lowest BCUT2D eigenvalue weighted by Gasteiger charge is -2.03. The Morgan fingerprint density at radius 2 is 1.81 bits per heavy atom. The van der Waals surface area contributed by atoms with Crippen molar-refractivity contribution in [2.45, 2.75) is 52.0 Å². The summed E-state index contributed by atoms with van der Waals surface area (Å²) in [5.74, 6) is 0. The zero-order chi connectivity index (χ0) is 11.8. The SMILES string of the molecule is CCCCCCCCn1cc[nH]c(=O)c1=O. The second kappa shape index (κ2) is 7.04. The minimum Gasteiger partial charge on any atom is -0.323 e. The van der Waals surface area contributed by atoms with E-state index in [1.54, 1.807) is 6.20 Å². The number of hydrogen-bond acceptors (Lipinski definition) is 2. The first-order valence-electron chi connectivity index (χ1n) is 6.04. The molecule has 1 rings (SSSR count). The van der Waals surface area contributed by atoms with Crippen LogP contribution in [0.5, 0.6) is 0 Å². The molecule has 4 heteroatoms. The van der Waals surface area contributed by atoms with E-state index >= 15 is 0 Å². The van der Waals surface area contributed by atoms with Crippen molar-refractivity contribution < 1.29 is 0 Å². The Kier molecular flexibility index (Phi) is 5.61. The monoisotopic (exact) mass is 224 g/mol. The van der Waals surface area contributed by atoms with Crippen LogP contribution >= 0.6 is 0 Å². The zero-order valence-electron chi connectivity index (χ0n) is 9.87. The molecule has 0 aliphatic heterocycles. The van der Waals surface area contributed by atoms with Crippen LogP contribution in [0.15, 0.2) is 22.0 Å². The number of H-pyrrole nitrogens is 1. The van der Waals surface area contributed by atoms with E-state index in [2.05, 4.69) is 11.9 Å². The second-order valence-corrected chi connectivity index (χ2v) is 4.06. The van der Waals surface area contributed by atoms with Crippen LogP contribution in [0.2, 0.25) is 0 Å². The lowest BCUT2D eigenvalue weighted by Crippen LogP contribution is -2.35. The number of nitrogens with one attached hydrogen (secondary N) is 1. The Morgan fingerprint density at radius 3 is 2.56 bits per heavy atom. The summed E-state index contributed by atoms with van der Waals surface area (Å²) >= 11 is 0. The normalized spacial score (nSPS) is 10.6. The highest BCUT2D eigenvalue weighted by Crippen LogP contribution is 2.05. The Hall–Kier alpha value is -1.32. The zero-order valence-corrected chi connectivity index (χ0v) is 9.87. The molecule has 0 saturated carbocycles. The quantitative estimate of drug-likeness (QED) is 0.568. The molecule has 0 spiro atoms. The minimum atomic E-state index is -0.534. The molecule has 0 aromatic carbocycles. The second-order valence-electron chi connectivity index (χ2n) is 4.06. The number of aromatic nitrogens is 2. The van der Waals surface area contributed by atoms with E-state index in [0.29, 0.717) is 6.54 Å². The van der Waals surface area contributed by atoms with Gasteiger partial charge in [-0.2, -0.15) is 0 Å². The molecule has 90 valence electrons. The molecule has 0 fully saturated rings. The number of hydrogen-bond donors (Lipinski definition) is 1. The molecule has 1 N–H and O–H groups in total. The van der Waals surface area contributed by atoms with Crippen molar-refractivity contribution in [3.63, 3.8) is 0 Å². The highest BCUT2D eigenvalue weighted by Gasteiger charge is 1.98. The molecular weight excluding hydrogens is 204 g/mol. The maximum Gasteiger partial charge on any atom is 0.316 e. The predicted octanol–water partition coefficient (Wildman–Crippen LogP) is 1.90. The molecule has 0 saturated heterocycles. The molecule has 0 aliphatic rings. The van der Waals surface area contributed by atoms with Crippen LogP contribution in [0.1, 0.15) is 45.4 Å². The van der Waals surface area contributed by atoms with Crippen LogP contribution in [-0.2, 0) is 6.54 Å².